The number of carbonyl (C=O) groups excluding carboxylic acids is 2. The lowest BCUT2D eigenvalue weighted by molar-refractivity contribution is -0.119. The lowest BCUT2D eigenvalue weighted by atomic mass is 9.68. The van der Waals surface area contributed by atoms with Gasteiger partial charge < -0.3 is 15.4 Å². The van der Waals surface area contributed by atoms with Gasteiger partial charge in [0.1, 0.15) is 0 Å². The van der Waals surface area contributed by atoms with E-state index in [1.54, 1.807) is 11.1 Å². The van der Waals surface area contributed by atoms with Crippen LogP contribution in [0.5, 0.6) is 0 Å². The zero-order valence-corrected chi connectivity index (χ0v) is 93.5. The largest absolute Gasteiger partial charge is 0.411 e. The molecule has 726 valence electrons. The number of hydrogen-bond donors (Lipinski definition) is 3. The minimum absolute atomic E-state index is 0.161. The van der Waals surface area contributed by atoms with Crippen LogP contribution in [0.2, 0.25) is 0 Å². The molecule has 0 spiro atoms. The number of aliphatic hydroxyl groups excluding tert-OH is 2. The summed E-state index contributed by atoms with van der Waals surface area (Å²) in [7, 11) is 0. The van der Waals surface area contributed by atoms with Gasteiger partial charge in [-0.1, -0.05) is 495 Å². The highest BCUT2D eigenvalue weighted by Gasteiger charge is 2.37. The first-order valence-electron chi connectivity index (χ1n) is 51.4. The summed E-state index contributed by atoms with van der Waals surface area (Å²) in [6.07, 6.45) is 32.3. The van der Waals surface area contributed by atoms with Crippen molar-refractivity contribution >= 4 is 17.3 Å². The van der Waals surface area contributed by atoms with Gasteiger partial charge in [0.25, 0.3) is 0 Å². The Hall–Kier alpha value is -2.83. The second-order valence-corrected chi connectivity index (χ2v) is 41.1. The van der Waals surface area contributed by atoms with Gasteiger partial charge in [-0.25, -0.2) is 0 Å². The Morgan fingerprint density at radius 2 is 0.500 bits per heavy atom. The summed E-state index contributed by atoms with van der Waals surface area (Å²) < 4.78 is 0. The summed E-state index contributed by atoms with van der Waals surface area (Å²) in [6, 6.07) is 0. The number of rotatable bonds is 12. The molecule has 2 atom stereocenters. The van der Waals surface area contributed by atoms with E-state index in [-0.39, 0.29) is 28.5 Å². The van der Waals surface area contributed by atoms with Crippen molar-refractivity contribution in [2.45, 2.75) is 566 Å². The molecule has 6 aliphatic carbocycles. The quantitative estimate of drug-likeness (QED) is 0.103. The second kappa shape index (κ2) is 89.6. The van der Waals surface area contributed by atoms with Crippen LogP contribution in [0.1, 0.15) is 554 Å². The molecule has 0 fully saturated rings. The average molecular weight is 1700 g/mol. The fourth-order valence-corrected chi connectivity index (χ4v) is 15.0. The number of ketones is 2. The Morgan fingerprint density at radius 1 is 0.258 bits per heavy atom. The smallest absolute Gasteiger partial charge is 0.159 e. The molecule has 2 unspecified atom stereocenters. The Morgan fingerprint density at radius 3 is 0.750 bits per heavy atom. The molecule has 0 amide bonds. The predicted molar refractivity (Wildman–Crippen MR) is 558 cm³/mol. The lowest BCUT2D eigenvalue weighted by Gasteiger charge is -2.39. The molecule has 6 nitrogen and oxygen atoms in total. The molecule has 0 radical (unpaired) electrons. The minimum atomic E-state index is -0.217. The Bertz CT molecular complexity index is 2460. The summed E-state index contributed by atoms with van der Waals surface area (Å²) in [5.41, 5.74) is 18.5. The van der Waals surface area contributed by atoms with Crippen LogP contribution >= 0.6 is 0 Å². The summed E-state index contributed by atoms with van der Waals surface area (Å²) in [5.74, 6) is 7.31. The molecule has 120 heavy (non-hydrogen) atoms. The summed E-state index contributed by atoms with van der Waals surface area (Å²) in [6.45, 7) is 118. The van der Waals surface area contributed by atoms with E-state index in [1.807, 2.05) is 0 Å². The number of carbonyl (C=O) groups is 2. The molecule has 0 saturated heterocycles. The zero-order chi connectivity index (χ0) is 97.7. The standard InChI is InChI=1S/C14H25NO.C14H26O.C14H24O.C12H22O.C12H20O.C12H22.12C3H8/c1-9(2)11-7-14(5,6)8-12(15-16)13(11)10(3)4;2*1-9(2)11-7-14(5,6)8-12(15)13(11)10(3)4;2*1-8(2)10-6-5-7-11(13)12(10)9(3)4;1-9(2)11-7-5-6-8-12(11)10(3)4;12*1-3-2/h9-10,16H,7-8H2,1-6H3;9-10,12,15H,7-8H2,1-6H3;9-10H,7-8H2,1-6H3;8-9,11,13H,5-7H2,1-4H3;8-9H,5-7H2,1-4H3;9-10H,5-8H2,1-4H3;12*3H2,1-2H3/b15-12+;;;;;;;;;;;;;;;;;. The van der Waals surface area contributed by atoms with E-state index in [0.717, 1.165) is 99.3 Å². The maximum atomic E-state index is 12.1. The molecular formula is C114H235NO5. The number of nitrogens with zero attached hydrogens (tertiary/aromatic N) is 1. The number of hydrogen-bond acceptors (Lipinski definition) is 6. The Balaban J connectivity index is -0.000000108. The van der Waals surface area contributed by atoms with Crippen LogP contribution in [-0.2, 0) is 9.59 Å². The maximum absolute atomic E-state index is 12.1. The van der Waals surface area contributed by atoms with Gasteiger partial charge in [-0.3, -0.25) is 9.59 Å². The number of Topliss-reactive ketones (excluding diaryl/α,β-unsaturated/α-hetero) is 2. The van der Waals surface area contributed by atoms with Gasteiger partial charge in [-0.05, 0) is 205 Å². The molecule has 3 N–H and O–H groups in total. The third kappa shape index (κ3) is 76.4. The molecule has 0 aliphatic heterocycles. The Labute approximate surface area is 762 Å². The normalized spacial score (nSPS) is 17.7. The number of allylic oxidation sites excluding steroid dienone is 10. The highest BCUT2D eigenvalue weighted by atomic mass is 16.4. The zero-order valence-electron chi connectivity index (χ0n) is 93.5. The lowest BCUT2D eigenvalue weighted by Crippen LogP contribution is -2.32. The highest BCUT2D eigenvalue weighted by Crippen LogP contribution is 2.46. The van der Waals surface area contributed by atoms with E-state index in [0.29, 0.717) is 70.7 Å². The number of aliphatic hydroxyl groups is 2. The van der Waals surface area contributed by atoms with Crippen molar-refractivity contribution in [2.75, 3.05) is 0 Å². The molecule has 0 aromatic carbocycles. The highest BCUT2D eigenvalue weighted by molar-refractivity contribution is 6.02. The van der Waals surface area contributed by atoms with Gasteiger partial charge in [0.05, 0.1) is 17.9 Å². The van der Waals surface area contributed by atoms with Gasteiger partial charge in [0.2, 0.25) is 0 Å². The van der Waals surface area contributed by atoms with Gasteiger partial charge in [-0.15, -0.1) is 0 Å². The monoisotopic (exact) mass is 1700 g/mol. The van der Waals surface area contributed by atoms with E-state index in [9.17, 15) is 25.0 Å². The van der Waals surface area contributed by atoms with Crippen molar-refractivity contribution in [3.63, 3.8) is 0 Å². The van der Waals surface area contributed by atoms with E-state index in [4.69, 9.17) is 0 Å². The van der Waals surface area contributed by atoms with Crippen LogP contribution in [0.15, 0.2) is 72.0 Å². The van der Waals surface area contributed by atoms with Crippen molar-refractivity contribution in [1.29, 1.82) is 0 Å². The van der Waals surface area contributed by atoms with Crippen molar-refractivity contribution < 1.29 is 25.0 Å². The van der Waals surface area contributed by atoms with E-state index in [2.05, 4.69) is 379 Å². The van der Waals surface area contributed by atoms with Crippen molar-refractivity contribution in [3.8, 4) is 0 Å². The first-order chi connectivity index (χ1) is 55.4. The van der Waals surface area contributed by atoms with E-state index in [1.165, 1.54) is 154 Å². The Kier molecular flexibility index (Phi) is 107. The second-order valence-electron chi connectivity index (χ2n) is 41.1. The molecule has 6 heteroatoms. The average Bonchev–Trinajstić information content (AvgIpc) is 0.798. The first kappa shape index (κ1) is 143. The fourth-order valence-electron chi connectivity index (χ4n) is 15.0. The van der Waals surface area contributed by atoms with Crippen molar-refractivity contribution in [1.82, 2.24) is 0 Å². The van der Waals surface area contributed by atoms with Crippen LogP contribution in [0, 0.1) is 87.3 Å². The maximum Gasteiger partial charge on any atom is 0.159 e. The summed E-state index contributed by atoms with van der Waals surface area (Å²) in [4.78, 5) is 23.8. The molecule has 0 heterocycles. The summed E-state index contributed by atoms with van der Waals surface area (Å²) >= 11 is 0. The molecule has 0 bridgehead atoms. The molecular weight excluding hydrogens is 1460 g/mol. The minimum Gasteiger partial charge on any atom is -0.411 e. The van der Waals surface area contributed by atoms with Crippen LogP contribution < -0.4 is 0 Å². The van der Waals surface area contributed by atoms with Gasteiger partial charge in [0.15, 0.2) is 11.6 Å². The molecule has 6 rings (SSSR count). The molecule has 0 aromatic rings. The molecule has 6 aliphatic rings. The van der Waals surface area contributed by atoms with Crippen LogP contribution in [0.4, 0.5) is 0 Å². The van der Waals surface area contributed by atoms with Crippen molar-refractivity contribution in [2.24, 2.45) is 92.4 Å². The SMILES string of the molecule is CC(C)C1=C(C(C)C)/C(=N/O)CC(C)(C)C1.CC(C)C1=C(C(C)C)C(=O)CC(C)(C)C1.CC(C)C1=C(C(C)C)C(=O)CCC1.CC(C)C1=C(C(C)C)C(O)CC(C)(C)C1.CC(C)C1=C(C(C)C)C(O)CCC1.CC(C)C1=C(C(C)C)CCCC1.CCC.CCC.CCC.CCC.CCC.CCC.CCC.CCC.CCC.CCC.CCC.CCC. The predicted octanol–water partition coefficient (Wildman–Crippen LogP) is 39.7. The first-order valence-corrected chi connectivity index (χ1v) is 51.4. The summed E-state index contributed by atoms with van der Waals surface area (Å²) in [5, 5.41) is 32.9. The van der Waals surface area contributed by atoms with E-state index < -0.39 is 0 Å². The van der Waals surface area contributed by atoms with Crippen molar-refractivity contribution in [3.05, 3.63) is 66.9 Å². The third-order valence-corrected chi connectivity index (χ3v) is 18.8. The van der Waals surface area contributed by atoms with Crippen LogP contribution in [-0.4, -0.2) is 44.9 Å². The fraction of sp³-hybridized carbons (Fsp3) is 0.868. The van der Waals surface area contributed by atoms with Crippen LogP contribution in [0.3, 0.4) is 0 Å². The van der Waals surface area contributed by atoms with E-state index >= 15 is 0 Å². The van der Waals surface area contributed by atoms with Gasteiger partial charge in [-0.2, -0.15) is 0 Å². The molecule has 0 saturated carbocycles. The van der Waals surface area contributed by atoms with Gasteiger partial charge in [0, 0.05) is 12.8 Å². The van der Waals surface area contributed by atoms with Crippen LogP contribution in [0.25, 0.3) is 0 Å². The number of oxime groups is 1. The topological polar surface area (TPSA) is 107 Å². The molecule has 0 aromatic heterocycles. The van der Waals surface area contributed by atoms with Gasteiger partial charge >= 0.3 is 0 Å². The third-order valence-electron chi connectivity index (χ3n) is 18.8.